The predicted molar refractivity (Wildman–Crippen MR) is 75.5 cm³/mol. The quantitative estimate of drug-likeness (QED) is 0.903. The second kappa shape index (κ2) is 5.35. The summed E-state index contributed by atoms with van der Waals surface area (Å²) in [5.41, 5.74) is 1.44. The maximum atomic E-state index is 11.2. The molecule has 0 aliphatic heterocycles. The smallest absolute Gasteiger partial charge is 0.335 e. The summed E-state index contributed by atoms with van der Waals surface area (Å²) >= 11 is 5.80. The van der Waals surface area contributed by atoms with Crippen molar-refractivity contribution in [2.75, 3.05) is 0 Å². The highest BCUT2D eigenvalue weighted by Crippen LogP contribution is 2.27. The molecule has 0 aliphatic rings. The Morgan fingerprint density at radius 3 is 1.75 bits per heavy atom. The Labute approximate surface area is 120 Å². The zero-order valence-electron chi connectivity index (χ0n) is 10.6. The first-order chi connectivity index (χ1) is 9.40. The summed E-state index contributed by atoms with van der Waals surface area (Å²) in [6.07, 6.45) is 0. The minimum Gasteiger partial charge on any atom is -0.478 e. The number of carboxylic acid groups (broad SMARTS) is 2. The fraction of sp³-hybridized carbons (Fsp3) is 0.0667. The summed E-state index contributed by atoms with van der Waals surface area (Å²) in [7, 11) is 0. The first-order valence-corrected chi connectivity index (χ1v) is 6.15. The first kappa shape index (κ1) is 14.1. The van der Waals surface area contributed by atoms with E-state index in [1.165, 1.54) is 19.1 Å². The Morgan fingerprint density at radius 2 is 1.35 bits per heavy atom. The standard InChI is InChI=1S/C15H11ClO4/c1-8-12(14(17)18)6-10(7-13(8)15(19)20)9-2-4-11(16)5-3-9/h2-7H,1H3,(H,17,18)(H,19,20). The van der Waals surface area contributed by atoms with Gasteiger partial charge in [0.1, 0.15) is 0 Å². The van der Waals surface area contributed by atoms with Crippen LogP contribution in [0.5, 0.6) is 0 Å². The van der Waals surface area contributed by atoms with E-state index in [1.54, 1.807) is 24.3 Å². The van der Waals surface area contributed by atoms with Crippen LogP contribution in [-0.2, 0) is 0 Å². The highest BCUT2D eigenvalue weighted by molar-refractivity contribution is 6.30. The molecule has 0 heterocycles. The topological polar surface area (TPSA) is 74.6 Å². The number of halogens is 1. The van der Waals surface area contributed by atoms with Gasteiger partial charge in [-0.1, -0.05) is 23.7 Å². The number of carbonyl (C=O) groups is 2. The molecule has 0 amide bonds. The molecule has 0 atom stereocenters. The van der Waals surface area contributed by atoms with Gasteiger partial charge in [-0.3, -0.25) is 0 Å². The molecule has 0 radical (unpaired) electrons. The molecule has 20 heavy (non-hydrogen) atoms. The van der Waals surface area contributed by atoms with E-state index >= 15 is 0 Å². The average Bonchev–Trinajstić information content (AvgIpc) is 2.39. The molecule has 4 nitrogen and oxygen atoms in total. The number of rotatable bonds is 3. The van der Waals surface area contributed by atoms with Crippen LogP contribution in [0.15, 0.2) is 36.4 Å². The molecule has 0 aliphatic carbocycles. The van der Waals surface area contributed by atoms with E-state index in [4.69, 9.17) is 11.6 Å². The molecular weight excluding hydrogens is 280 g/mol. The number of benzene rings is 2. The van der Waals surface area contributed by atoms with Gasteiger partial charge in [0.15, 0.2) is 0 Å². The molecule has 102 valence electrons. The number of carboxylic acids is 2. The first-order valence-electron chi connectivity index (χ1n) is 5.77. The molecule has 0 fully saturated rings. The molecule has 0 spiro atoms. The molecule has 0 saturated carbocycles. The van der Waals surface area contributed by atoms with Crippen molar-refractivity contribution in [3.63, 3.8) is 0 Å². The molecule has 0 bridgehead atoms. The van der Waals surface area contributed by atoms with Crippen molar-refractivity contribution < 1.29 is 19.8 Å². The Bertz CT molecular complexity index is 655. The average molecular weight is 291 g/mol. The van der Waals surface area contributed by atoms with Gasteiger partial charge in [-0.05, 0) is 47.9 Å². The zero-order valence-corrected chi connectivity index (χ0v) is 11.3. The SMILES string of the molecule is Cc1c(C(=O)O)cc(-c2ccc(Cl)cc2)cc1C(=O)O. The van der Waals surface area contributed by atoms with E-state index in [9.17, 15) is 19.8 Å². The van der Waals surface area contributed by atoms with Gasteiger partial charge in [-0.15, -0.1) is 0 Å². The Hall–Kier alpha value is -2.33. The maximum Gasteiger partial charge on any atom is 0.335 e. The van der Waals surface area contributed by atoms with Crippen molar-refractivity contribution in [3.05, 3.63) is 58.1 Å². The van der Waals surface area contributed by atoms with Crippen LogP contribution in [-0.4, -0.2) is 22.2 Å². The van der Waals surface area contributed by atoms with Crippen molar-refractivity contribution in [1.82, 2.24) is 0 Å². The lowest BCUT2D eigenvalue weighted by Gasteiger charge is -2.10. The summed E-state index contributed by atoms with van der Waals surface area (Å²) in [4.78, 5) is 22.4. The van der Waals surface area contributed by atoms with Crippen LogP contribution in [0.3, 0.4) is 0 Å². The van der Waals surface area contributed by atoms with Gasteiger partial charge in [-0.2, -0.15) is 0 Å². The van der Waals surface area contributed by atoms with Crippen LogP contribution in [0, 0.1) is 6.92 Å². The number of hydrogen-bond donors (Lipinski definition) is 2. The van der Waals surface area contributed by atoms with E-state index in [1.807, 2.05) is 0 Å². The summed E-state index contributed by atoms with van der Waals surface area (Å²) in [6, 6.07) is 9.68. The largest absolute Gasteiger partial charge is 0.478 e. The molecule has 0 aromatic heterocycles. The minimum absolute atomic E-state index is 0.0187. The van der Waals surface area contributed by atoms with Crippen LogP contribution in [0.1, 0.15) is 26.3 Å². The third-order valence-electron chi connectivity index (χ3n) is 3.05. The summed E-state index contributed by atoms with van der Waals surface area (Å²) in [5, 5.41) is 18.9. The van der Waals surface area contributed by atoms with Gasteiger partial charge in [0.2, 0.25) is 0 Å². The van der Waals surface area contributed by atoms with Crippen molar-refractivity contribution in [2.24, 2.45) is 0 Å². The van der Waals surface area contributed by atoms with Crippen molar-refractivity contribution >= 4 is 23.5 Å². The van der Waals surface area contributed by atoms with Gasteiger partial charge < -0.3 is 10.2 Å². The van der Waals surface area contributed by atoms with Crippen molar-refractivity contribution in [2.45, 2.75) is 6.92 Å². The van der Waals surface area contributed by atoms with E-state index in [-0.39, 0.29) is 16.7 Å². The third kappa shape index (κ3) is 2.65. The Morgan fingerprint density at radius 1 is 0.900 bits per heavy atom. The highest BCUT2D eigenvalue weighted by Gasteiger charge is 2.17. The Kier molecular flexibility index (Phi) is 3.77. The van der Waals surface area contributed by atoms with E-state index in [2.05, 4.69) is 0 Å². The summed E-state index contributed by atoms with van der Waals surface area (Å²) in [6.45, 7) is 1.48. The van der Waals surface area contributed by atoms with Crippen molar-refractivity contribution in [1.29, 1.82) is 0 Å². The highest BCUT2D eigenvalue weighted by atomic mass is 35.5. The van der Waals surface area contributed by atoms with Gasteiger partial charge >= 0.3 is 11.9 Å². The van der Waals surface area contributed by atoms with E-state index < -0.39 is 11.9 Å². The fourth-order valence-electron chi connectivity index (χ4n) is 1.97. The van der Waals surface area contributed by atoms with Crippen LogP contribution in [0.25, 0.3) is 11.1 Å². The molecule has 0 saturated heterocycles. The second-order valence-corrected chi connectivity index (χ2v) is 4.75. The van der Waals surface area contributed by atoms with Gasteiger partial charge in [0, 0.05) is 5.02 Å². The molecule has 2 N–H and O–H groups in total. The number of hydrogen-bond acceptors (Lipinski definition) is 2. The third-order valence-corrected chi connectivity index (χ3v) is 3.30. The minimum atomic E-state index is -1.15. The van der Waals surface area contributed by atoms with Crippen molar-refractivity contribution in [3.8, 4) is 11.1 Å². The summed E-state index contributed by atoms with van der Waals surface area (Å²) in [5.74, 6) is -2.30. The lowest BCUT2D eigenvalue weighted by Crippen LogP contribution is -2.07. The number of aromatic carboxylic acids is 2. The normalized spacial score (nSPS) is 10.3. The molecule has 2 aromatic rings. The second-order valence-electron chi connectivity index (χ2n) is 4.31. The molecular formula is C15H11ClO4. The van der Waals surface area contributed by atoms with Crippen LogP contribution >= 0.6 is 11.6 Å². The van der Waals surface area contributed by atoms with E-state index in [0.29, 0.717) is 16.1 Å². The lowest BCUT2D eigenvalue weighted by molar-refractivity contribution is 0.0696. The van der Waals surface area contributed by atoms with Crippen LogP contribution < -0.4 is 0 Å². The molecule has 2 aromatic carbocycles. The summed E-state index contributed by atoms with van der Waals surface area (Å²) < 4.78 is 0. The molecule has 2 rings (SSSR count). The lowest BCUT2D eigenvalue weighted by atomic mass is 9.95. The zero-order chi connectivity index (χ0) is 14.9. The maximum absolute atomic E-state index is 11.2. The predicted octanol–water partition coefficient (Wildman–Crippen LogP) is 3.71. The Balaban J connectivity index is 2.68. The molecule has 5 heteroatoms. The van der Waals surface area contributed by atoms with Crippen LogP contribution in [0.4, 0.5) is 0 Å². The van der Waals surface area contributed by atoms with Gasteiger partial charge in [0.05, 0.1) is 11.1 Å². The monoisotopic (exact) mass is 290 g/mol. The van der Waals surface area contributed by atoms with Crippen LogP contribution in [0.2, 0.25) is 5.02 Å². The molecule has 0 unspecified atom stereocenters. The van der Waals surface area contributed by atoms with E-state index in [0.717, 1.165) is 0 Å². The van der Waals surface area contributed by atoms with Gasteiger partial charge in [0.25, 0.3) is 0 Å². The van der Waals surface area contributed by atoms with Gasteiger partial charge in [-0.25, -0.2) is 9.59 Å². The fourth-order valence-corrected chi connectivity index (χ4v) is 2.09.